The van der Waals surface area contributed by atoms with Crippen LogP contribution in [0.15, 0.2) is 24.3 Å². The number of likely N-dealkylation sites (tertiary alicyclic amines) is 1. The van der Waals surface area contributed by atoms with E-state index in [2.05, 4.69) is 5.32 Å². The van der Waals surface area contributed by atoms with E-state index in [0.717, 1.165) is 6.42 Å². The summed E-state index contributed by atoms with van der Waals surface area (Å²) in [7, 11) is 0. The third kappa shape index (κ3) is 3.05. The summed E-state index contributed by atoms with van der Waals surface area (Å²) in [6.07, 6.45) is 1.44. The summed E-state index contributed by atoms with van der Waals surface area (Å²) >= 11 is 0. The molecule has 0 unspecified atom stereocenters. The fraction of sp³-hybridized carbons (Fsp3) is 0.462. The molecule has 1 fully saturated rings. The summed E-state index contributed by atoms with van der Waals surface area (Å²) in [4.78, 5) is 24.2. The van der Waals surface area contributed by atoms with Gasteiger partial charge in [-0.25, -0.2) is 0 Å². The van der Waals surface area contributed by atoms with Gasteiger partial charge in [-0.15, -0.1) is 0 Å². The molecule has 0 saturated carbocycles. The van der Waals surface area contributed by atoms with E-state index in [-0.39, 0.29) is 18.2 Å². The Morgan fingerprint density at radius 1 is 1.45 bits per heavy atom. The molecule has 1 aromatic carbocycles. The van der Waals surface area contributed by atoms with Crippen LogP contribution in [0.4, 0.5) is 11.4 Å². The van der Waals surface area contributed by atoms with Gasteiger partial charge in [0, 0.05) is 19.2 Å². The number of nitrogens with one attached hydrogen (secondary N) is 1. The van der Waals surface area contributed by atoms with E-state index < -0.39 is 11.0 Å². The molecular weight excluding hydrogens is 262 g/mol. The van der Waals surface area contributed by atoms with E-state index >= 15 is 0 Å². The number of rotatable bonds is 5. The first-order valence-electron chi connectivity index (χ1n) is 6.53. The lowest BCUT2D eigenvalue weighted by molar-refractivity contribution is -0.384. The maximum Gasteiger partial charge on any atom is 0.292 e. The lowest BCUT2D eigenvalue weighted by atomic mass is 10.0. The average molecular weight is 279 g/mol. The molecular formula is C13H17N3O4. The van der Waals surface area contributed by atoms with E-state index in [1.54, 1.807) is 23.1 Å². The molecule has 108 valence electrons. The zero-order valence-electron chi connectivity index (χ0n) is 11.0. The fourth-order valence-corrected chi connectivity index (χ4v) is 2.36. The van der Waals surface area contributed by atoms with Gasteiger partial charge in [0.05, 0.1) is 11.5 Å². The highest BCUT2D eigenvalue weighted by Crippen LogP contribution is 2.26. The van der Waals surface area contributed by atoms with Crippen LogP contribution in [0.5, 0.6) is 0 Å². The van der Waals surface area contributed by atoms with Crippen molar-refractivity contribution in [3.8, 4) is 0 Å². The molecule has 0 bridgehead atoms. The zero-order chi connectivity index (χ0) is 14.5. The van der Waals surface area contributed by atoms with Gasteiger partial charge in [-0.2, -0.15) is 0 Å². The molecule has 2 N–H and O–H groups in total. The Bertz CT molecular complexity index is 504. The molecule has 2 rings (SSSR count). The lowest BCUT2D eigenvalue weighted by Gasteiger charge is -2.32. The Hall–Kier alpha value is -2.15. The SMILES string of the molecule is O=C1[C@@H](Nc2ccccc2[N+](=O)[O-])CCCN1CCO. The van der Waals surface area contributed by atoms with Crippen molar-refractivity contribution < 1.29 is 14.8 Å². The van der Waals surface area contributed by atoms with Crippen LogP contribution in [0.25, 0.3) is 0 Å². The van der Waals surface area contributed by atoms with Gasteiger partial charge >= 0.3 is 0 Å². The fourth-order valence-electron chi connectivity index (χ4n) is 2.36. The molecule has 1 aliphatic rings. The van der Waals surface area contributed by atoms with E-state index in [1.165, 1.54) is 6.07 Å². The van der Waals surface area contributed by atoms with E-state index in [0.29, 0.717) is 25.2 Å². The molecule has 0 radical (unpaired) electrons. The normalized spacial score (nSPS) is 18.9. The summed E-state index contributed by atoms with van der Waals surface area (Å²) < 4.78 is 0. The third-order valence-electron chi connectivity index (χ3n) is 3.33. The second-order valence-corrected chi connectivity index (χ2v) is 4.66. The molecule has 0 aliphatic carbocycles. The first-order valence-corrected chi connectivity index (χ1v) is 6.53. The molecule has 0 spiro atoms. The number of aliphatic hydroxyl groups excluding tert-OH is 1. The molecule has 20 heavy (non-hydrogen) atoms. The molecule has 1 aromatic rings. The minimum absolute atomic E-state index is 0.0421. The highest BCUT2D eigenvalue weighted by atomic mass is 16.6. The van der Waals surface area contributed by atoms with Crippen molar-refractivity contribution in [3.63, 3.8) is 0 Å². The van der Waals surface area contributed by atoms with Crippen molar-refractivity contribution in [2.75, 3.05) is 25.0 Å². The summed E-state index contributed by atoms with van der Waals surface area (Å²) in [5.41, 5.74) is 0.307. The Morgan fingerprint density at radius 2 is 2.20 bits per heavy atom. The molecule has 1 heterocycles. The number of para-hydroxylation sites is 2. The number of nitro benzene ring substituents is 1. The molecule has 1 atom stereocenters. The Balaban J connectivity index is 2.13. The van der Waals surface area contributed by atoms with Crippen LogP contribution in [0, 0.1) is 10.1 Å². The van der Waals surface area contributed by atoms with Crippen LogP contribution >= 0.6 is 0 Å². The number of β-amino-alcohol motifs (C(OH)–C–C–N with tert-alkyl or cyclic N) is 1. The number of nitro groups is 1. The van der Waals surface area contributed by atoms with Crippen LogP contribution in [-0.4, -0.2) is 46.6 Å². The van der Waals surface area contributed by atoms with Gasteiger partial charge in [-0.3, -0.25) is 14.9 Å². The van der Waals surface area contributed by atoms with Gasteiger partial charge in [-0.05, 0) is 18.9 Å². The average Bonchev–Trinajstić information content (AvgIpc) is 2.44. The van der Waals surface area contributed by atoms with Crippen LogP contribution in [0.2, 0.25) is 0 Å². The Kier molecular flexibility index (Phi) is 4.52. The van der Waals surface area contributed by atoms with Crippen molar-refractivity contribution in [3.05, 3.63) is 34.4 Å². The minimum Gasteiger partial charge on any atom is -0.395 e. The van der Waals surface area contributed by atoms with Crippen LogP contribution < -0.4 is 5.32 Å². The maximum absolute atomic E-state index is 12.2. The van der Waals surface area contributed by atoms with Crippen LogP contribution in [0.1, 0.15) is 12.8 Å². The summed E-state index contributed by atoms with van der Waals surface area (Å²) in [5, 5.41) is 22.8. The topological polar surface area (TPSA) is 95.7 Å². The smallest absolute Gasteiger partial charge is 0.292 e. The summed E-state index contributed by atoms with van der Waals surface area (Å²) in [6, 6.07) is 5.80. The van der Waals surface area contributed by atoms with E-state index in [4.69, 9.17) is 5.11 Å². The zero-order valence-corrected chi connectivity index (χ0v) is 11.0. The number of piperidine rings is 1. The van der Waals surface area contributed by atoms with Gasteiger partial charge in [0.1, 0.15) is 11.7 Å². The predicted molar refractivity (Wildman–Crippen MR) is 73.4 cm³/mol. The Labute approximate surface area is 116 Å². The van der Waals surface area contributed by atoms with Gasteiger partial charge in [0.15, 0.2) is 0 Å². The van der Waals surface area contributed by atoms with Crippen LogP contribution in [-0.2, 0) is 4.79 Å². The number of carbonyl (C=O) groups excluding carboxylic acids is 1. The van der Waals surface area contributed by atoms with Crippen molar-refractivity contribution in [1.29, 1.82) is 0 Å². The van der Waals surface area contributed by atoms with Crippen molar-refractivity contribution >= 4 is 17.3 Å². The second kappa shape index (κ2) is 6.33. The number of hydrogen-bond acceptors (Lipinski definition) is 5. The molecule has 0 aromatic heterocycles. The number of amides is 1. The molecule has 7 nitrogen and oxygen atoms in total. The predicted octanol–water partition coefficient (Wildman–Crippen LogP) is 0.990. The van der Waals surface area contributed by atoms with Crippen LogP contribution in [0.3, 0.4) is 0 Å². The van der Waals surface area contributed by atoms with Crippen molar-refractivity contribution in [2.24, 2.45) is 0 Å². The molecule has 1 aliphatic heterocycles. The summed E-state index contributed by atoms with van der Waals surface area (Å²) in [5.74, 6) is -0.122. The Morgan fingerprint density at radius 3 is 2.90 bits per heavy atom. The monoisotopic (exact) mass is 279 g/mol. The van der Waals surface area contributed by atoms with Crippen molar-refractivity contribution in [1.82, 2.24) is 4.90 Å². The highest BCUT2D eigenvalue weighted by Gasteiger charge is 2.29. The first-order chi connectivity index (χ1) is 9.63. The van der Waals surface area contributed by atoms with Gasteiger partial charge in [0.25, 0.3) is 5.69 Å². The number of aliphatic hydroxyl groups is 1. The van der Waals surface area contributed by atoms with E-state index in [1.807, 2.05) is 0 Å². The first kappa shape index (κ1) is 14.3. The summed E-state index contributed by atoms with van der Waals surface area (Å²) in [6.45, 7) is 0.840. The number of benzene rings is 1. The van der Waals surface area contributed by atoms with Gasteiger partial charge in [0.2, 0.25) is 5.91 Å². The lowest BCUT2D eigenvalue weighted by Crippen LogP contribution is -2.48. The second-order valence-electron chi connectivity index (χ2n) is 4.66. The molecule has 7 heteroatoms. The maximum atomic E-state index is 12.2. The quantitative estimate of drug-likeness (QED) is 0.619. The minimum atomic E-state index is -0.476. The third-order valence-corrected chi connectivity index (χ3v) is 3.33. The number of anilines is 1. The van der Waals surface area contributed by atoms with Gasteiger partial charge < -0.3 is 15.3 Å². The number of carbonyl (C=O) groups is 1. The van der Waals surface area contributed by atoms with E-state index in [9.17, 15) is 14.9 Å². The number of nitrogens with zero attached hydrogens (tertiary/aromatic N) is 2. The largest absolute Gasteiger partial charge is 0.395 e. The molecule has 1 saturated heterocycles. The van der Waals surface area contributed by atoms with Crippen molar-refractivity contribution in [2.45, 2.75) is 18.9 Å². The highest BCUT2D eigenvalue weighted by molar-refractivity contribution is 5.86. The number of hydrogen-bond donors (Lipinski definition) is 2. The molecule has 1 amide bonds. The van der Waals surface area contributed by atoms with Gasteiger partial charge in [-0.1, -0.05) is 12.1 Å². The standard InChI is InChI=1S/C13H17N3O4/c17-9-8-15-7-3-5-11(13(15)18)14-10-4-1-2-6-12(10)16(19)20/h1-2,4,6,11,14,17H,3,5,7-9H2/t11-/m0/s1.